The smallest absolute Gasteiger partial charge is 0.341 e. The van der Waals surface area contributed by atoms with Gasteiger partial charge in [0, 0.05) is 0 Å². The van der Waals surface area contributed by atoms with Crippen molar-refractivity contribution in [2.45, 2.75) is 44.8 Å². The van der Waals surface area contributed by atoms with Crippen molar-refractivity contribution in [2.24, 2.45) is 11.8 Å². The summed E-state index contributed by atoms with van der Waals surface area (Å²) in [4.78, 5) is 11.7. The predicted molar refractivity (Wildman–Crippen MR) is 51.8 cm³/mol. The lowest BCUT2D eigenvalue weighted by Gasteiger charge is -2.33. The standard InChI is InChI=1S/C11H18O3/c1-7(2)11(9(12)13-4)10(14-11)5-8(3)6-10/h7-8H,5-6H2,1-4H3. The Bertz CT molecular complexity index is 266. The molecule has 0 amide bonds. The number of ether oxygens (including phenoxy) is 2. The van der Waals surface area contributed by atoms with E-state index in [2.05, 4.69) is 6.92 Å². The van der Waals surface area contributed by atoms with E-state index in [1.54, 1.807) is 0 Å². The van der Waals surface area contributed by atoms with Crippen molar-refractivity contribution in [1.29, 1.82) is 0 Å². The molecule has 1 saturated carbocycles. The van der Waals surface area contributed by atoms with E-state index in [9.17, 15) is 4.79 Å². The van der Waals surface area contributed by atoms with Crippen LogP contribution >= 0.6 is 0 Å². The summed E-state index contributed by atoms with van der Waals surface area (Å²) in [6.07, 6.45) is 2.00. The maximum Gasteiger partial charge on any atom is 0.341 e. The predicted octanol–water partition coefficient (Wildman–Crippen LogP) is 1.75. The topological polar surface area (TPSA) is 38.8 Å². The highest BCUT2D eigenvalue weighted by Crippen LogP contribution is 2.65. The summed E-state index contributed by atoms with van der Waals surface area (Å²) < 4.78 is 10.6. The van der Waals surface area contributed by atoms with Crippen molar-refractivity contribution < 1.29 is 14.3 Å². The number of methoxy groups -OCH3 is 1. The Morgan fingerprint density at radius 3 is 2.43 bits per heavy atom. The first-order chi connectivity index (χ1) is 6.48. The number of hydrogen-bond acceptors (Lipinski definition) is 3. The highest BCUT2D eigenvalue weighted by molar-refractivity contribution is 5.85. The van der Waals surface area contributed by atoms with Crippen LogP contribution in [0.2, 0.25) is 0 Å². The number of hydrogen-bond donors (Lipinski definition) is 0. The Morgan fingerprint density at radius 1 is 1.50 bits per heavy atom. The Morgan fingerprint density at radius 2 is 2.07 bits per heavy atom. The van der Waals surface area contributed by atoms with Crippen LogP contribution < -0.4 is 0 Å². The van der Waals surface area contributed by atoms with Gasteiger partial charge in [-0.05, 0) is 24.7 Å². The highest BCUT2D eigenvalue weighted by Gasteiger charge is 2.79. The monoisotopic (exact) mass is 198 g/mol. The van der Waals surface area contributed by atoms with Gasteiger partial charge in [0.25, 0.3) is 0 Å². The van der Waals surface area contributed by atoms with Crippen LogP contribution in [0.3, 0.4) is 0 Å². The van der Waals surface area contributed by atoms with E-state index in [0.717, 1.165) is 12.8 Å². The first kappa shape index (κ1) is 9.97. The minimum Gasteiger partial charge on any atom is -0.467 e. The van der Waals surface area contributed by atoms with E-state index in [1.165, 1.54) is 7.11 Å². The molecule has 0 radical (unpaired) electrons. The van der Waals surface area contributed by atoms with Gasteiger partial charge in [-0.1, -0.05) is 20.8 Å². The molecule has 0 N–H and O–H groups in total. The van der Waals surface area contributed by atoms with Gasteiger partial charge >= 0.3 is 5.97 Å². The van der Waals surface area contributed by atoms with E-state index >= 15 is 0 Å². The molecule has 2 rings (SSSR count). The molecule has 1 unspecified atom stereocenters. The van der Waals surface area contributed by atoms with Gasteiger partial charge in [-0.2, -0.15) is 0 Å². The van der Waals surface area contributed by atoms with Crippen molar-refractivity contribution in [3.63, 3.8) is 0 Å². The van der Waals surface area contributed by atoms with Crippen LogP contribution in [0.4, 0.5) is 0 Å². The fraction of sp³-hybridized carbons (Fsp3) is 0.909. The van der Waals surface area contributed by atoms with Gasteiger partial charge < -0.3 is 9.47 Å². The quantitative estimate of drug-likeness (QED) is 0.501. The largest absolute Gasteiger partial charge is 0.467 e. The lowest BCUT2D eigenvalue weighted by atomic mass is 9.66. The molecule has 3 heteroatoms. The lowest BCUT2D eigenvalue weighted by molar-refractivity contribution is -0.149. The zero-order valence-electron chi connectivity index (χ0n) is 9.29. The molecule has 1 heterocycles. The zero-order valence-corrected chi connectivity index (χ0v) is 9.29. The van der Waals surface area contributed by atoms with Gasteiger partial charge in [0.1, 0.15) is 5.60 Å². The van der Waals surface area contributed by atoms with E-state index in [-0.39, 0.29) is 17.5 Å². The lowest BCUT2D eigenvalue weighted by Crippen LogP contribution is -2.46. The normalized spacial score (nSPS) is 45.1. The maximum absolute atomic E-state index is 11.7. The Labute approximate surface area is 84.8 Å². The summed E-state index contributed by atoms with van der Waals surface area (Å²) in [6.45, 7) is 6.23. The molecular formula is C11H18O3. The molecule has 3 nitrogen and oxygen atoms in total. The van der Waals surface area contributed by atoms with Gasteiger partial charge in [-0.25, -0.2) is 4.79 Å². The second-order valence-corrected chi connectivity index (χ2v) is 4.99. The molecule has 0 bridgehead atoms. The summed E-state index contributed by atoms with van der Waals surface area (Å²) in [7, 11) is 1.43. The van der Waals surface area contributed by atoms with Crippen LogP contribution in [-0.4, -0.2) is 24.3 Å². The average molecular weight is 198 g/mol. The highest BCUT2D eigenvalue weighted by atomic mass is 16.7. The van der Waals surface area contributed by atoms with Gasteiger partial charge in [0.05, 0.1) is 7.11 Å². The molecule has 1 aliphatic heterocycles. The van der Waals surface area contributed by atoms with Gasteiger partial charge in [0.15, 0.2) is 5.60 Å². The molecule has 80 valence electrons. The second kappa shape index (κ2) is 2.72. The molecule has 0 aromatic heterocycles. The third-order valence-corrected chi connectivity index (χ3v) is 3.65. The van der Waals surface area contributed by atoms with Crippen LogP contribution in [0, 0.1) is 11.8 Å². The first-order valence-corrected chi connectivity index (χ1v) is 5.27. The molecule has 0 aromatic carbocycles. The number of esters is 1. The molecular weight excluding hydrogens is 180 g/mol. The van der Waals surface area contributed by atoms with Crippen molar-refractivity contribution in [2.75, 3.05) is 7.11 Å². The van der Waals surface area contributed by atoms with Gasteiger partial charge in [0.2, 0.25) is 0 Å². The Balaban J connectivity index is 2.17. The molecule has 1 atom stereocenters. The summed E-state index contributed by atoms with van der Waals surface area (Å²) in [5, 5.41) is 0. The van der Waals surface area contributed by atoms with Crippen LogP contribution in [-0.2, 0) is 14.3 Å². The summed E-state index contributed by atoms with van der Waals surface area (Å²) >= 11 is 0. The van der Waals surface area contributed by atoms with E-state index in [4.69, 9.17) is 9.47 Å². The molecule has 1 saturated heterocycles. The molecule has 14 heavy (non-hydrogen) atoms. The van der Waals surface area contributed by atoms with Crippen LogP contribution in [0.25, 0.3) is 0 Å². The zero-order chi connectivity index (χ0) is 10.6. The Hall–Kier alpha value is -0.570. The summed E-state index contributed by atoms with van der Waals surface area (Å²) in [6, 6.07) is 0. The van der Waals surface area contributed by atoms with E-state index in [1.807, 2.05) is 13.8 Å². The molecule has 1 spiro atoms. The first-order valence-electron chi connectivity index (χ1n) is 5.27. The fourth-order valence-corrected chi connectivity index (χ4v) is 2.99. The van der Waals surface area contributed by atoms with Crippen LogP contribution in [0.5, 0.6) is 0 Å². The molecule has 2 fully saturated rings. The Kier molecular flexibility index (Phi) is 1.94. The third kappa shape index (κ3) is 0.937. The van der Waals surface area contributed by atoms with Crippen molar-refractivity contribution in [3.05, 3.63) is 0 Å². The minimum atomic E-state index is -0.631. The van der Waals surface area contributed by atoms with Crippen molar-refractivity contribution >= 4 is 5.97 Å². The summed E-state index contributed by atoms with van der Waals surface area (Å²) in [5.74, 6) is 0.683. The van der Waals surface area contributed by atoms with Gasteiger partial charge in [-0.3, -0.25) is 0 Å². The fourth-order valence-electron chi connectivity index (χ4n) is 2.99. The van der Waals surface area contributed by atoms with Crippen LogP contribution in [0.1, 0.15) is 33.6 Å². The summed E-state index contributed by atoms with van der Waals surface area (Å²) in [5.41, 5.74) is -0.804. The number of rotatable bonds is 2. The molecule has 1 aliphatic carbocycles. The number of carbonyl (C=O) groups excluding carboxylic acids is 1. The number of epoxide rings is 1. The SMILES string of the molecule is COC(=O)C1(C(C)C)OC12CC(C)C2. The number of carbonyl (C=O) groups is 1. The van der Waals surface area contributed by atoms with Gasteiger partial charge in [-0.15, -0.1) is 0 Å². The third-order valence-electron chi connectivity index (χ3n) is 3.65. The van der Waals surface area contributed by atoms with E-state index < -0.39 is 5.60 Å². The van der Waals surface area contributed by atoms with Crippen molar-refractivity contribution in [3.8, 4) is 0 Å². The molecule has 2 aliphatic rings. The molecule has 0 aromatic rings. The van der Waals surface area contributed by atoms with Crippen LogP contribution in [0.15, 0.2) is 0 Å². The maximum atomic E-state index is 11.7. The minimum absolute atomic E-state index is 0.173. The average Bonchev–Trinajstić information content (AvgIpc) is 2.74. The second-order valence-electron chi connectivity index (χ2n) is 4.99. The van der Waals surface area contributed by atoms with Crippen molar-refractivity contribution in [1.82, 2.24) is 0 Å². The van der Waals surface area contributed by atoms with E-state index in [0.29, 0.717) is 5.92 Å².